The smallest absolute Gasteiger partial charge is 0.221 e. The first kappa shape index (κ1) is 9.46. The van der Waals surface area contributed by atoms with E-state index in [1.165, 1.54) is 0 Å². The molecule has 0 bridgehead atoms. The van der Waals surface area contributed by atoms with Gasteiger partial charge in [-0.3, -0.25) is 0 Å². The van der Waals surface area contributed by atoms with E-state index in [0.29, 0.717) is 12.4 Å². The fraction of sp³-hybridized carbons (Fsp3) is 0.182. The van der Waals surface area contributed by atoms with E-state index in [9.17, 15) is 0 Å². The molecule has 0 saturated carbocycles. The zero-order chi connectivity index (χ0) is 9.97. The van der Waals surface area contributed by atoms with Crippen LogP contribution >= 0.6 is 15.9 Å². The van der Waals surface area contributed by atoms with E-state index in [-0.39, 0.29) is 0 Å². The topological polar surface area (TPSA) is 21.6 Å². The van der Waals surface area contributed by atoms with Crippen LogP contribution in [0.25, 0.3) is 0 Å². The summed E-state index contributed by atoms with van der Waals surface area (Å²) in [5, 5.41) is 0. The van der Waals surface area contributed by atoms with Crippen molar-refractivity contribution in [3.63, 3.8) is 0 Å². The van der Waals surface area contributed by atoms with Crippen LogP contribution in [-0.2, 0) is 4.74 Å². The van der Waals surface area contributed by atoms with Gasteiger partial charge >= 0.3 is 0 Å². The second kappa shape index (κ2) is 3.96. The van der Waals surface area contributed by atoms with Crippen molar-refractivity contribution in [2.75, 3.05) is 6.54 Å². The lowest BCUT2D eigenvalue weighted by Gasteiger charge is -2.12. The van der Waals surface area contributed by atoms with Gasteiger partial charge in [0.1, 0.15) is 5.76 Å². The molecule has 0 amide bonds. The minimum absolute atomic E-state index is 0.706. The van der Waals surface area contributed by atoms with Crippen LogP contribution < -0.4 is 0 Å². The van der Waals surface area contributed by atoms with E-state index in [0.717, 1.165) is 15.8 Å². The zero-order valence-corrected chi connectivity index (χ0v) is 9.41. The third kappa shape index (κ3) is 2.04. The quantitative estimate of drug-likeness (QED) is 0.752. The van der Waals surface area contributed by atoms with Crippen molar-refractivity contribution < 1.29 is 4.74 Å². The molecule has 0 aliphatic carbocycles. The Hall–Kier alpha value is -1.09. The first-order valence-electron chi connectivity index (χ1n) is 4.41. The molecule has 1 aliphatic rings. The Balaban J connectivity index is 2.24. The van der Waals surface area contributed by atoms with Crippen molar-refractivity contribution in [2.45, 2.75) is 6.92 Å². The second-order valence-electron chi connectivity index (χ2n) is 3.07. The van der Waals surface area contributed by atoms with Crippen molar-refractivity contribution in [1.29, 1.82) is 0 Å². The summed E-state index contributed by atoms with van der Waals surface area (Å²) in [6.07, 6.45) is 1.96. The molecule has 0 aromatic heterocycles. The lowest BCUT2D eigenvalue weighted by molar-refractivity contribution is 0.407. The number of rotatable bonds is 1. The van der Waals surface area contributed by atoms with Gasteiger partial charge in [0.25, 0.3) is 0 Å². The second-order valence-corrected chi connectivity index (χ2v) is 3.99. The van der Waals surface area contributed by atoms with Crippen molar-refractivity contribution >= 4 is 21.8 Å². The third-order valence-corrected chi connectivity index (χ3v) is 2.49. The van der Waals surface area contributed by atoms with Gasteiger partial charge in [0, 0.05) is 10.0 Å². The molecule has 1 aliphatic heterocycles. The molecule has 0 unspecified atom stereocenters. The number of aliphatic imine (C=N–C) groups is 1. The Bertz CT molecular complexity index is 392. The number of benzene rings is 1. The molecule has 0 saturated heterocycles. The maximum absolute atomic E-state index is 5.51. The molecule has 1 aromatic carbocycles. The van der Waals surface area contributed by atoms with Crippen LogP contribution in [0.2, 0.25) is 0 Å². The largest absolute Gasteiger partial charge is 0.444 e. The number of nitrogens with zero attached hydrogens (tertiary/aromatic N) is 1. The molecule has 2 nitrogen and oxygen atoms in total. The molecule has 1 heterocycles. The molecule has 0 spiro atoms. The standard InChI is InChI=1S/C11H10BrNO/c1-8-6-7-13-11(14-8)9-2-4-10(12)5-3-9/h2-6H,7H2,1H3. The summed E-state index contributed by atoms with van der Waals surface area (Å²) < 4.78 is 6.57. The molecule has 72 valence electrons. The lowest BCUT2D eigenvalue weighted by atomic mass is 10.2. The van der Waals surface area contributed by atoms with Gasteiger partial charge in [0.05, 0.1) is 6.54 Å². The fourth-order valence-corrected chi connectivity index (χ4v) is 1.49. The van der Waals surface area contributed by atoms with Crippen molar-refractivity contribution in [3.05, 3.63) is 46.1 Å². The molecule has 0 N–H and O–H groups in total. The first-order valence-corrected chi connectivity index (χ1v) is 5.20. The van der Waals surface area contributed by atoms with E-state index >= 15 is 0 Å². The Kier molecular flexibility index (Phi) is 2.68. The summed E-state index contributed by atoms with van der Waals surface area (Å²) in [6, 6.07) is 7.94. The van der Waals surface area contributed by atoms with Gasteiger partial charge in [-0.05, 0) is 37.3 Å². The van der Waals surface area contributed by atoms with Gasteiger partial charge in [-0.15, -0.1) is 0 Å². The predicted octanol–water partition coefficient (Wildman–Crippen LogP) is 3.13. The maximum Gasteiger partial charge on any atom is 0.221 e. The third-order valence-electron chi connectivity index (χ3n) is 1.96. The molecule has 3 heteroatoms. The summed E-state index contributed by atoms with van der Waals surface area (Å²) in [4.78, 5) is 4.28. The number of hydrogen-bond acceptors (Lipinski definition) is 2. The normalized spacial score (nSPS) is 15.6. The van der Waals surface area contributed by atoms with Crippen molar-refractivity contribution in [3.8, 4) is 0 Å². The van der Waals surface area contributed by atoms with Crippen LogP contribution in [-0.4, -0.2) is 12.4 Å². The molecular weight excluding hydrogens is 242 g/mol. The van der Waals surface area contributed by atoms with Gasteiger partial charge in [0.2, 0.25) is 5.90 Å². The number of ether oxygens (including phenoxy) is 1. The Morgan fingerprint density at radius 2 is 2.00 bits per heavy atom. The molecule has 14 heavy (non-hydrogen) atoms. The highest BCUT2D eigenvalue weighted by molar-refractivity contribution is 9.10. The highest BCUT2D eigenvalue weighted by atomic mass is 79.9. The molecule has 2 rings (SSSR count). The summed E-state index contributed by atoms with van der Waals surface area (Å²) in [5.41, 5.74) is 1.01. The van der Waals surface area contributed by atoms with Crippen LogP contribution in [0.3, 0.4) is 0 Å². The van der Waals surface area contributed by atoms with Gasteiger partial charge in [0.15, 0.2) is 0 Å². The van der Waals surface area contributed by atoms with E-state index in [2.05, 4.69) is 20.9 Å². The summed E-state index contributed by atoms with van der Waals surface area (Å²) in [5.74, 6) is 1.62. The molecule has 0 fully saturated rings. The average molecular weight is 252 g/mol. The van der Waals surface area contributed by atoms with Crippen LogP contribution in [0, 0.1) is 0 Å². The van der Waals surface area contributed by atoms with E-state index in [4.69, 9.17) is 4.74 Å². The minimum atomic E-state index is 0.706. The molecule has 0 radical (unpaired) electrons. The van der Waals surface area contributed by atoms with Crippen LogP contribution in [0.1, 0.15) is 12.5 Å². The Morgan fingerprint density at radius 1 is 1.29 bits per heavy atom. The average Bonchev–Trinajstić information content (AvgIpc) is 2.19. The lowest BCUT2D eigenvalue weighted by Crippen LogP contribution is -2.10. The minimum Gasteiger partial charge on any atom is -0.444 e. The van der Waals surface area contributed by atoms with Gasteiger partial charge in [-0.25, -0.2) is 4.99 Å². The van der Waals surface area contributed by atoms with Crippen LogP contribution in [0.15, 0.2) is 45.6 Å². The van der Waals surface area contributed by atoms with Gasteiger partial charge < -0.3 is 4.74 Å². The summed E-state index contributed by atoms with van der Waals surface area (Å²) in [7, 11) is 0. The van der Waals surface area contributed by atoms with Gasteiger partial charge in [-0.2, -0.15) is 0 Å². The number of hydrogen-bond donors (Lipinski definition) is 0. The monoisotopic (exact) mass is 251 g/mol. The fourth-order valence-electron chi connectivity index (χ4n) is 1.23. The van der Waals surface area contributed by atoms with Crippen LogP contribution in [0.5, 0.6) is 0 Å². The van der Waals surface area contributed by atoms with Crippen LogP contribution in [0.4, 0.5) is 0 Å². The Morgan fingerprint density at radius 3 is 2.64 bits per heavy atom. The maximum atomic E-state index is 5.51. The molecule has 1 aromatic rings. The molecular formula is C11H10BrNO. The van der Waals surface area contributed by atoms with E-state index in [1.807, 2.05) is 37.3 Å². The van der Waals surface area contributed by atoms with E-state index < -0.39 is 0 Å². The first-order chi connectivity index (χ1) is 6.75. The number of allylic oxidation sites excluding steroid dienone is 1. The molecule has 0 atom stereocenters. The SMILES string of the molecule is CC1=CCN=C(c2ccc(Br)cc2)O1. The van der Waals surface area contributed by atoms with Crippen molar-refractivity contribution in [1.82, 2.24) is 0 Å². The summed E-state index contributed by atoms with van der Waals surface area (Å²) >= 11 is 3.39. The highest BCUT2D eigenvalue weighted by Gasteiger charge is 2.08. The number of halogens is 1. The predicted molar refractivity (Wildman–Crippen MR) is 60.4 cm³/mol. The summed E-state index contributed by atoms with van der Waals surface area (Å²) in [6.45, 7) is 2.64. The van der Waals surface area contributed by atoms with Crippen molar-refractivity contribution in [2.24, 2.45) is 4.99 Å². The zero-order valence-electron chi connectivity index (χ0n) is 7.83. The van der Waals surface area contributed by atoms with Gasteiger partial charge in [-0.1, -0.05) is 15.9 Å². The van der Waals surface area contributed by atoms with E-state index in [1.54, 1.807) is 0 Å². The Labute approximate surface area is 91.4 Å². The highest BCUT2D eigenvalue weighted by Crippen LogP contribution is 2.15.